The Bertz CT molecular complexity index is 220. The molecule has 0 spiro atoms. The lowest BCUT2D eigenvalue weighted by molar-refractivity contribution is -0.132. The maximum atomic E-state index is 10.9. The highest BCUT2D eigenvalue weighted by Crippen LogP contribution is 2.08. The summed E-state index contributed by atoms with van der Waals surface area (Å²) in [4.78, 5) is 21.0. The molecule has 1 saturated heterocycles. The molecule has 4 heteroatoms. The van der Waals surface area contributed by atoms with Gasteiger partial charge in [0, 0.05) is 18.2 Å². The van der Waals surface area contributed by atoms with Crippen molar-refractivity contribution in [2.45, 2.75) is 12.8 Å². The number of carbonyl (C=O) groups excluding carboxylic acids is 1. The number of aliphatic carboxylic acids is 1. The third-order valence-electron chi connectivity index (χ3n) is 1.50. The standard InChI is InChI=1S/C7H9NO3/c9-6(10)4-5-2-1-3-8-7(5)11/h4H,1-3H2,(H,8,11)(H,9,10). The van der Waals surface area contributed by atoms with Crippen molar-refractivity contribution in [3.05, 3.63) is 11.6 Å². The zero-order valence-corrected chi connectivity index (χ0v) is 5.96. The first-order chi connectivity index (χ1) is 5.20. The Morgan fingerprint density at radius 1 is 1.64 bits per heavy atom. The Kier molecular flexibility index (Phi) is 2.25. The third-order valence-corrected chi connectivity index (χ3v) is 1.50. The molecule has 1 rings (SSSR count). The first kappa shape index (κ1) is 7.78. The van der Waals surface area contributed by atoms with E-state index in [9.17, 15) is 9.59 Å². The van der Waals surface area contributed by atoms with Crippen molar-refractivity contribution < 1.29 is 14.7 Å². The fourth-order valence-corrected chi connectivity index (χ4v) is 0.995. The van der Waals surface area contributed by atoms with Crippen molar-refractivity contribution in [2.75, 3.05) is 6.54 Å². The van der Waals surface area contributed by atoms with Crippen LogP contribution >= 0.6 is 0 Å². The number of hydrogen-bond donors (Lipinski definition) is 2. The minimum atomic E-state index is -1.06. The van der Waals surface area contributed by atoms with Gasteiger partial charge in [-0.15, -0.1) is 0 Å². The summed E-state index contributed by atoms with van der Waals surface area (Å²) in [5.74, 6) is -1.31. The molecule has 1 aliphatic rings. The summed E-state index contributed by atoms with van der Waals surface area (Å²) in [5.41, 5.74) is 0.365. The van der Waals surface area contributed by atoms with Gasteiger partial charge in [0.15, 0.2) is 0 Å². The summed E-state index contributed by atoms with van der Waals surface area (Å²) in [6.07, 6.45) is 2.36. The van der Waals surface area contributed by atoms with Crippen molar-refractivity contribution in [2.24, 2.45) is 0 Å². The van der Waals surface area contributed by atoms with Crippen LogP contribution in [0.2, 0.25) is 0 Å². The molecular weight excluding hydrogens is 146 g/mol. The van der Waals surface area contributed by atoms with Crippen LogP contribution in [0.25, 0.3) is 0 Å². The van der Waals surface area contributed by atoms with Gasteiger partial charge < -0.3 is 10.4 Å². The van der Waals surface area contributed by atoms with E-state index >= 15 is 0 Å². The van der Waals surface area contributed by atoms with Gasteiger partial charge in [0.2, 0.25) is 5.91 Å². The van der Waals surface area contributed by atoms with Crippen molar-refractivity contribution in [1.29, 1.82) is 0 Å². The van der Waals surface area contributed by atoms with Crippen LogP contribution in [-0.4, -0.2) is 23.5 Å². The van der Waals surface area contributed by atoms with Crippen molar-refractivity contribution in [3.63, 3.8) is 0 Å². The predicted molar refractivity (Wildman–Crippen MR) is 38.0 cm³/mol. The SMILES string of the molecule is O=C(O)C=C1CCCNC1=O. The number of carboxylic acids is 1. The van der Waals surface area contributed by atoms with Crippen LogP contribution in [-0.2, 0) is 9.59 Å². The Morgan fingerprint density at radius 2 is 2.36 bits per heavy atom. The molecule has 0 aromatic carbocycles. The van der Waals surface area contributed by atoms with E-state index in [-0.39, 0.29) is 5.91 Å². The number of piperidine rings is 1. The van der Waals surface area contributed by atoms with E-state index in [1.807, 2.05) is 0 Å². The van der Waals surface area contributed by atoms with E-state index in [4.69, 9.17) is 5.11 Å². The molecule has 0 aliphatic carbocycles. The summed E-state index contributed by atoms with van der Waals surface area (Å²) in [6.45, 7) is 0.649. The van der Waals surface area contributed by atoms with Crippen LogP contribution in [0.4, 0.5) is 0 Å². The van der Waals surface area contributed by atoms with Crippen LogP contribution in [0.15, 0.2) is 11.6 Å². The molecule has 1 aliphatic heterocycles. The number of carbonyl (C=O) groups is 2. The van der Waals surface area contributed by atoms with Crippen LogP contribution < -0.4 is 5.32 Å². The number of hydrogen-bond acceptors (Lipinski definition) is 2. The van der Waals surface area contributed by atoms with E-state index in [0.717, 1.165) is 12.5 Å². The van der Waals surface area contributed by atoms with Gasteiger partial charge in [-0.2, -0.15) is 0 Å². The van der Waals surface area contributed by atoms with Gasteiger partial charge in [0.25, 0.3) is 0 Å². The van der Waals surface area contributed by atoms with Crippen LogP contribution in [0.3, 0.4) is 0 Å². The van der Waals surface area contributed by atoms with E-state index in [1.54, 1.807) is 0 Å². The molecule has 11 heavy (non-hydrogen) atoms. The van der Waals surface area contributed by atoms with Crippen molar-refractivity contribution >= 4 is 11.9 Å². The molecule has 60 valence electrons. The fourth-order valence-electron chi connectivity index (χ4n) is 0.995. The average Bonchev–Trinajstić information content (AvgIpc) is 1.93. The van der Waals surface area contributed by atoms with E-state index in [1.165, 1.54) is 0 Å². The fraction of sp³-hybridized carbons (Fsp3) is 0.429. The molecule has 0 atom stereocenters. The first-order valence-electron chi connectivity index (χ1n) is 3.42. The molecule has 0 saturated carbocycles. The topological polar surface area (TPSA) is 66.4 Å². The second kappa shape index (κ2) is 3.18. The first-order valence-corrected chi connectivity index (χ1v) is 3.42. The number of rotatable bonds is 1. The van der Waals surface area contributed by atoms with Gasteiger partial charge in [-0.1, -0.05) is 0 Å². The van der Waals surface area contributed by atoms with Gasteiger partial charge in [0.05, 0.1) is 0 Å². The lowest BCUT2D eigenvalue weighted by Crippen LogP contribution is -2.31. The second-order valence-corrected chi connectivity index (χ2v) is 2.37. The van der Waals surface area contributed by atoms with Crippen LogP contribution in [0.1, 0.15) is 12.8 Å². The van der Waals surface area contributed by atoms with E-state index in [0.29, 0.717) is 18.5 Å². The minimum absolute atomic E-state index is 0.251. The molecule has 0 bridgehead atoms. The number of carboxylic acid groups (broad SMARTS) is 1. The molecular formula is C7H9NO3. The number of amides is 1. The molecule has 0 aromatic rings. The van der Waals surface area contributed by atoms with Gasteiger partial charge >= 0.3 is 5.97 Å². The van der Waals surface area contributed by atoms with Crippen molar-refractivity contribution in [3.8, 4) is 0 Å². The third kappa shape index (κ3) is 2.07. The Morgan fingerprint density at radius 3 is 2.91 bits per heavy atom. The highest BCUT2D eigenvalue weighted by atomic mass is 16.4. The Hall–Kier alpha value is -1.32. The molecule has 1 fully saturated rings. The average molecular weight is 155 g/mol. The van der Waals surface area contributed by atoms with E-state index < -0.39 is 5.97 Å². The molecule has 0 unspecified atom stereocenters. The highest BCUT2D eigenvalue weighted by molar-refractivity contribution is 5.99. The summed E-state index contributed by atoms with van der Waals surface area (Å²) in [6, 6.07) is 0. The lowest BCUT2D eigenvalue weighted by atomic mass is 10.1. The van der Waals surface area contributed by atoms with Gasteiger partial charge in [-0.25, -0.2) is 4.79 Å². The van der Waals surface area contributed by atoms with Gasteiger partial charge in [-0.3, -0.25) is 4.79 Å². The van der Waals surface area contributed by atoms with Gasteiger partial charge in [0.1, 0.15) is 0 Å². The summed E-state index contributed by atoms with van der Waals surface area (Å²) in [7, 11) is 0. The Balaban J connectivity index is 2.68. The minimum Gasteiger partial charge on any atom is -0.478 e. The summed E-state index contributed by atoms with van der Waals surface area (Å²) < 4.78 is 0. The second-order valence-electron chi connectivity index (χ2n) is 2.37. The maximum absolute atomic E-state index is 10.9. The van der Waals surface area contributed by atoms with Crippen LogP contribution in [0, 0.1) is 0 Å². The molecule has 0 radical (unpaired) electrons. The van der Waals surface area contributed by atoms with Crippen LogP contribution in [0.5, 0.6) is 0 Å². The quantitative estimate of drug-likeness (QED) is 0.520. The molecule has 1 heterocycles. The predicted octanol–water partition coefficient (Wildman–Crippen LogP) is -0.0926. The zero-order chi connectivity index (χ0) is 8.27. The molecule has 4 nitrogen and oxygen atoms in total. The highest BCUT2D eigenvalue weighted by Gasteiger charge is 2.14. The monoisotopic (exact) mass is 155 g/mol. The molecule has 0 aromatic heterocycles. The summed E-state index contributed by atoms with van der Waals surface area (Å²) >= 11 is 0. The van der Waals surface area contributed by atoms with Gasteiger partial charge in [-0.05, 0) is 12.8 Å². The number of nitrogens with one attached hydrogen (secondary N) is 1. The summed E-state index contributed by atoms with van der Waals surface area (Å²) in [5, 5.41) is 10.9. The smallest absolute Gasteiger partial charge is 0.328 e. The normalized spacial score (nSPS) is 21.5. The molecule has 2 N–H and O–H groups in total. The van der Waals surface area contributed by atoms with Crippen molar-refractivity contribution in [1.82, 2.24) is 5.32 Å². The largest absolute Gasteiger partial charge is 0.478 e. The Labute approximate surface area is 63.9 Å². The lowest BCUT2D eigenvalue weighted by Gasteiger charge is -2.13. The maximum Gasteiger partial charge on any atom is 0.328 e. The molecule has 1 amide bonds. The zero-order valence-electron chi connectivity index (χ0n) is 5.96. The van der Waals surface area contributed by atoms with E-state index in [2.05, 4.69) is 5.32 Å².